The van der Waals surface area contributed by atoms with Crippen LogP contribution < -0.4 is 27.4 Å². The topological polar surface area (TPSA) is 194 Å². The second kappa shape index (κ2) is 16.8. The molecule has 0 fully saturated rings. The lowest BCUT2D eigenvalue weighted by atomic mass is 10.0. The first-order valence-corrected chi connectivity index (χ1v) is 14.1. The highest BCUT2D eigenvalue weighted by atomic mass is 32.2. The van der Waals surface area contributed by atoms with E-state index in [1.807, 2.05) is 12.5 Å². The minimum Gasteiger partial charge on any atom is -0.480 e. The average Bonchev–Trinajstić information content (AvgIpc) is 2.83. The number of carboxylic acids is 1. The van der Waals surface area contributed by atoms with Gasteiger partial charge in [-0.15, -0.1) is 0 Å². The molecule has 200 valence electrons. The Hall–Kier alpha value is -2.77. The molecule has 1 aromatic carbocycles. The molecular weight excluding hydrogens is 506 g/mol. The Labute approximate surface area is 219 Å². The predicted molar refractivity (Wildman–Crippen MR) is 141 cm³/mol. The Morgan fingerprint density at radius 1 is 0.833 bits per heavy atom. The van der Waals surface area contributed by atoms with Crippen LogP contribution in [0, 0.1) is 0 Å². The van der Waals surface area contributed by atoms with Crippen molar-refractivity contribution >= 4 is 53.1 Å². The van der Waals surface area contributed by atoms with Gasteiger partial charge in [-0.25, -0.2) is 4.79 Å². The van der Waals surface area contributed by atoms with E-state index >= 15 is 0 Å². The van der Waals surface area contributed by atoms with E-state index in [1.54, 1.807) is 30.3 Å². The molecule has 4 atom stereocenters. The Morgan fingerprint density at radius 3 is 1.75 bits per heavy atom. The van der Waals surface area contributed by atoms with Gasteiger partial charge in [-0.05, 0) is 42.4 Å². The summed E-state index contributed by atoms with van der Waals surface area (Å²) in [4.78, 5) is 61.3. The molecule has 1 aromatic rings. The van der Waals surface area contributed by atoms with Crippen LogP contribution in [0.5, 0.6) is 0 Å². The number of benzene rings is 1. The van der Waals surface area contributed by atoms with Gasteiger partial charge in [-0.2, -0.15) is 23.5 Å². The maximum Gasteiger partial charge on any atom is 0.326 e. The van der Waals surface area contributed by atoms with Gasteiger partial charge in [0.05, 0.1) is 12.5 Å². The number of nitrogens with one attached hydrogen (secondary N) is 3. The SMILES string of the molecule is CSCCC(NC(=O)C(N)CC(N)=O)C(=O)NC(CCSC)C(=O)NC(Cc1ccccc1)C(=O)O. The minimum atomic E-state index is -1.21. The third kappa shape index (κ3) is 11.8. The van der Waals surface area contributed by atoms with Crippen LogP contribution in [0.15, 0.2) is 30.3 Å². The summed E-state index contributed by atoms with van der Waals surface area (Å²) >= 11 is 2.92. The molecule has 0 aliphatic carbocycles. The summed E-state index contributed by atoms with van der Waals surface area (Å²) in [6.07, 6.45) is 3.89. The van der Waals surface area contributed by atoms with Gasteiger partial charge in [0.2, 0.25) is 23.6 Å². The van der Waals surface area contributed by atoms with Crippen molar-refractivity contribution in [1.82, 2.24) is 16.0 Å². The van der Waals surface area contributed by atoms with E-state index in [4.69, 9.17) is 11.5 Å². The summed E-state index contributed by atoms with van der Waals surface area (Å²) in [6, 6.07) is 4.45. The second-order valence-electron chi connectivity index (χ2n) is 8.05. The van der Waals surface area contributed by atoms with Gasteiger partial charge in [0.1, 0.15) is 18.1 Å². The monoisotopic (exact) mass is 541 g/mol. The van der Waals surface area contributed by atoms with Crippen LogP contribution in [0.2, 0.25) is 0 Å². The molecule has 0 aromatic heterocycles. The zero-order valence-corrected chi connectivity index (χ0v) is 22.0. The average molecular weight is 542 g/mol. The fourth-order valence-electron chi connectivity index (χ4n) is 3.19. The third-order valence-electron chi connectivity index (χ3n) is 5.14. The maximum atomic E-state index is 13.0. The van der Waals surface area contributed by atoms with Gasteiger partial charge in [-0.3, -0.25) is 19.2 Å². The number of carbonyl (C=O) groups excluding carboxylic acids is 4. The molecule has 1 rings (SSSR count). The quantitative estimate of drug-likeness (QED) is 0.150. The molecule has 0 saturated heterocycles. The lowest BCUT2D eigenvalue weighted by Crippen LogP contribution is -2.57. The number of hydrogen-bond acceptors (Lipinski definition) is 8. The second-order valence-corrected chi connectivity index (χ2v) is 10.0. The van der Waals surface area contributed by atoms with Crippen LogP contribution >= 0.6 is 23.5 Å². The molecule has 0 aliphatic heterocycles. The van der Waals surface area contributed by atoms with Gasteiger partial charge in [-0.1, -0.05) is 30.3 Å². The highest BCUT2D eigenvalue weighted by Crippen LogP contribution is 2.08. The number of rotatable bonds is 17. The summed E-state index contributed by atoms with van der Waals surface area (Å²) in [5, 5.41) is 17.3. The van der Waals surface area contributed by atoms with E-state index in [0.29, 0.717) is 11.5 Å². The summed E-state index contributed by atoms with van der Waals surface area (Å²) in [6.45, 7) is 0. The predicted octanol–water partition coefficient (Wildman–Crippen LogP) is -0.523. The fourth-order valence-corrected chi connectivity index (χ4v) is 4.13. The van der Waals surface area contributed by atoms with Gasteiger partial charge >= 0.3 is 5.97 Å². The van der Waals surface area contributed by atoms with Crippen LogP contribution in [-0.4, -0.2) is 82.9 Å². The number of aliphatic carboxylic acids is 1. The standard InChI is InChI=1S/C23H35N5O6S2/c1-35-10-8-16(26-20(30)15(24)13-19(25)29)21(31)27-17(9-11-36-2)22(32)28-18(23(33)34)12-14-6-4-3-5-7-14/h3-7,15-18H,8-13,24H2,1-2H3,(H2,25,29)(H,26,30)(H,27,31)(H,28,32)(H,33,34). The molecule has 0 bridgehead atoms. The Morgan fingerprint density at radius 2 is 1.31 bits per heavy atom. The number of carboxylic acid groups (broad SMARTS) is 1. The Kier molecular flexibility index (Phi) is 14.6. The van der Waals surface area contributed by atoms with E-state index in [9.17, 15) is 29.1 Å². The Balaban J connectivity index is 2.96. The summed E-state index contributed by atoms with van der Waals surface area (Å²) in [5.74, 6) is -2.85. The van der Waals surface area contributed by atoms with Crippen LogP contribution in [0.25, 0.3) is 0 Å². The third-order valence-corrected chi connectivity index (χ3v) is 6.43. The molecule has 8 N–H and O–H groups in total. The van der Waals surface area contributed by atoms with E-state index < -0.39 is 53.8 Å². The van der Waals surface area contributed by atoms with E-state index in [2.05, 4.69) is 16.0 Å². The normalized spacial score (nSPS) is 14.1. The van der Waals surface area contributed by atoms with E-state index in [1.165, 1.54) is 23.5 Å². The van der Waals surface area contributed by atoms with Crippen LogP contribution in [0.3, 0.4) is 0 Å². The molecule has 4 amide bonds. The molecule has 0 spiro atoms. The van der Waals surface area contributed by atoms with Gasteiger partial charge < -0.3 is 32.5 Å². The summed E-state index contributed by atoms with van der Waals surface area (Å²) < 4.78 is 0. The zero-order chi connectivity index (χ0) is 27.1. The smallest absolute Gasteiger partial charge is 0.326 e. The van der Waals surface area contributed by atoms with Crippen molar-refractivity contribution in [3.8, 4) is 0 Å². The number of primary amides is 1. The Bertz CT molecular complexity index is 889. The molecule has 4 unspecified atom stereocenters. The first-order valence-electron chi connectivity index (χ1n) is 11.3. The highest BCUT2D eigenvalue weighted by molar-refractivity contribution is 7.98. The molecule has 0 saturated carbocycles. The molecular formula is C23H35N5O6S2. The molecule has 13 heteroatoms. The van der Waals surface area contributed by atoms with Crippen molar-refractivity contribution in [3.05, 3.63) is 35.9 Å². The first kappa shape index (κ1) is 31.3. The lowest BCUT2D eigenvalue weighted by molar-refractivity contribution is -0.142. The van der Waals surface area contributed by atoms with Crippen molar-refractivity contribution in [1.29, 1.82) is 0 Å². The molecule has 36 heavy (non-hydrogen) atoms. The summed E-state index contributed by atoms with van der Waals surface area (Å²) in [7, 11) is 0. The fraction of sp³-hybridized carbons (Fsp3) is 0.522. The molecule has 11 nitrogen and oxygen atoms in total. The van der Waals surface area contributed by atoms with Crippen molar-refractivity contribution in [2.45, 2.75) is 49.9 Å². The number of thioether (sulfide) groups is 2. The molecule has 0 heterocycles. The summed E-state index contributed by atoms with van der Waals surface area (Å²) in [5.41, 5.74) is 11.5. The molecule has 0 radical (unpaired) electrons. The highest BCUT2D eigenvalue weighted by Gasteiger charge is 2.30. The number of carbonyl (C=O) groups is 5. The number of amides is 4. The zero-order valence-electron chi connectivity index (χ0n) is 20.4. The van der Waals surface area contributed by atoms with Crippen LogP contribution in [0.4, 0.5) is 0 Å². The van der Waals surface area contributed by atoms with E-state index in [-0.39, 0.29) is 25.7 Å². The van der Waals surface area contributed by atoms with Crippen LogP contribution in [-0.2, 0) is 30.4 Å². The van der Waals surface area contributed by atoms with Crippen molar-refractivity contribution in [2.75, 3.05) is 24.0 Å². The van der Waals surface area contributed by atoms with Gasteiger partial charge in [0.15, 0.2) is 0 Å². The number of nitrogens with two attached hydrogens (primary N) is 2. The maximum absolute atomic E-state index is 13.0. The van der Waals surface area contributed by atoms with Crippen molar-refractivity contribution in [2.24, 2.45) is 11.5 Å². The first-order chi connectivity index (χ1) is 17.1. The van der Waals surface area contributed by atoms with Gasteiger partial charge in [0.25, 0.3) is 0 Å². The van der Waals surface area contributed by atoms with Gasteiger partial charge in [0, 0.05) is 6.42 Å². The van der Waals surface area contributed by atoms with E-state index in [0.717, 1.165) is 5.56 Å². The van der Waals surface area contributed by atoms with Crippen molar-refractivity contribution in [3.63, 3.8) is 0 Å². The minimum absolute atomic E-state index is 0.0786. The van der Waals surface area contributed by atoms with Crippen molar-refractivity contribution < 1.29 is 29.1 Å². The molecule has 0 aliphatic rings. The van der Waals surface area contributed by atoms with Crippen LogP contribution in [0.1, 0.15) is 24.8 Å². The number of hydrogen-bond donors (Lipinski definition) is 6. The largest absolute Gasteiger partial charge is 0.480 e. The lowest BCUT2D eigenvalue weighted by Gasteiger charge is -2.25.